The molecule has 0 bridgehead atoms. The van der Waals surface area contributed by atoms with Crippen LogP contribution in [-0.4, -0.2) is 0 Å². The fourth-order valence-electron chi connectivity index (χ4n) is 1.96. The average molecular weight is 378 g/mol. The van der Waals surface area contributed by atoms with Gasteiger partial charge in [0, 0.05) is 14.5 Å². The lowest BCUT2D eigenvalue weighted by Gasteiger charge is -2.19. The highest BCUT2D eigenvalue weighted by Gasteiger charge is 2.16. The largest absolute Gasteiger partial charge is 0.271 e. The number of hydrogen-bond acceptors (Lipinski definition) is 2. The molecule has 1 atom stereocenters. The molecule has 0 aliphatic carbocycles. The third-order valence-electron chi connectivity index (χ3n) is 2.97. The van der Waals surface area contributed by atoms with E-state index >= 15 is 0 Å². The van der Waals surface area contributed by atoms with Gasteiger partial charge in [-0.15, -0.1) is 0 Å². The number of halogens is 4. The molecule has 1 unspecified atom stereocenters. The summed E-state index contributed by atoms with van der Waals surface area (Å²) in [4.78, 5) is 0. The van der Waals surface area contributed by atoms with Crippen molar-refractivity contribution in [2.45, 2.75) is 12.5 Å². The van der Waals surface area contributed by atoms with Crippen molar-refractivity contribution in [3.05, 3.63) is 67.9 Å². The van der Waals surface area contributed by atoms with Crippen molar-refractivity contribution in [2.75, 3.05) is 0 Å². The monoisotopic (exact) mass is 376 g/mol. The Morgan fingerprint density at radius 2 is 1.80 bits per heavy atom. The molecular weight excluding hydrogens is 366 g/mol. The van der Waals surface area contributed by atoms with E-state index in [1.165, 1.54) is 12.1 Å². The molecule has 0 spiro atoms. The maximum atomic E-state index is 13.8. The van der Waals surface area contributed by atoms with Crippen LogP contribution in [0, 0.1) is 5.82 Å². The Hall–Kier alpha value is -0.650. The number of hydrazine groups is 1. The quantitative estimate of drug-likeness (QED) is 0.601. The van der Waals surface area contributed by atoms with Gasteiger partial charge in [0.2, 0.25) is 0 Å². The van der Waals surface area contributed by atoms with E-state index in [1.54, 1.807) is 18.2 Å². The van der Waals surface area contributed by atoms with Gasteiger partial charge in [-0.3, -0.25) is 11.3 Å². The Labute approximate surface area is 135 Å². The van der Waals surface area contributed by atoms with Crippen LogP contribution in [-0.2, 0) is 6.42 Å². The maximum Gasteiger partial charge on any atom is 0.126 e. The zero-order valence-electron chi connectivity index (χ0n) is 10.3. The Bertz CT molecular complexity index is 622. The highest BCUT2D eigenvalue weighted by atomic mass is 79.9. The molecule has 0 aromatic heterocycles. The van der Waals surface area contributed by atoms with Gasteiger partial charge in [0.25, 0.3) is 0 Å². The zero-order chi connectivity index (χ0) is 14.7. The molecule has 2 rings (SSSR count). The van der Waals surface area contributed by atoms with E-state index in [-0.39, 0.29) is 11.9 Å². The van der Waals surface area contributed by atoms with E-state index in [9.17, 15) is 4.39 Å². The molecule has 2 nitrogen and oxygen atoms in total. The molecule has 0 fully saturated rings. The third kappa shape index (κ3) is 3.71. The first-order valence-electron chi connectivity index (χ1n) is 5.86. The summed E-state index contributed by atoms with van der Waals surface area (Å²) in [6.45, 7) is 0. The SMILES string of the molecule is NNC(Cc1cc(Cl)ccc1F)c1cc(Cl)ccc1Br. The number of nitrogens with one attached hydrogen (secondary N) is 1. The molecule has 6 heteroatoms. The Kier molecular flexibility index (Phi) is 5.41. The molecule has 20 heavy (non-hydrogen) atoms. The molecule has 0 amide bonds. The van der Waals surface area contributed by atoms with Crippen LogP contribution in [0.4, 0.5) is 4.39 Å². The zero-order valence-corrected chi connectivity index (χ0v) is 13.4. The topological polar surface area (TPSA) is 38.0 Å². The first kappa shape index (κ1) is 15.7. The molecule has 0 saturated carbocycles. The average Bonchev–Trinajstić information content (AvgIpc) is 2.42. The molecule has 2 aromatic rings. The van der Waals surface area contributed by atoms with E-state index < -0.39 is 0 Å². The molecule has 0 aliphatic heterocycles. The summed E-state index contributed by atoms with van der Waals surface area (Å²) in [5.41, 5.74) is 4.04. The lowest BCUT2D eigenvalue weighted by Crippen LogP contribution is -2.30. The first-order chi connectivity index (χ1) is 9.51. The van der Waals surface area contributed by atoms with Crippen LogP contribution < -0.4 is 11.3 Å². The lowest BCUT2D eigenvalue weighted by atomic mass is 9.99. The van der Waals surface area contributed by atoms with E-state index in [0.29, 0.717) is 22.0 Å². The standard InChI is InChI=1S/C14H12BrCl2FN2/c15-12-3-1-10(17)7-11(12)14(20-19)6-8-5-9(16)2-4-13(8)18/h1-5,7,14,20H,6,19H2. The van der Waals surface area contributed by atoms with Gasteiger partial charge in [0.15, 0.2) is 0 Å². The number of nitrogens with two attached hydrogens (primary N) is 1. The van der Waals surface area contributed by atoms with Gasteiger partial charge >= 0.3 is 0 Å². The lowest BCUT2D eigenvalue weighted by molar-refractivity contribution is 0.527. The molecular formula is C14H12BrCl2FN2. The van der Waals surface area contributed by atoms with Gasteiger partial charge in [-0.05, 0) is 53.9 Å². The van der Waals surface area contributed by atoms with Crippen LogP contribution in [0.2, 0.25) is 10.0 Å². The predicted octanol–water partition coefficient (Wildman–Crippen LogP) is 4.64. The smallest absolute Gasteiger partial charge is 0.126 e. The van der Waals surface area contributed by atoms with Gasteiger partial charge in [-0.25, -0.2) is 4.39 Å². The summed E-state index contributed by atoms with van der Waals surface area (Å²) >= 11 is 15.3. The molecule has 0 heterocycles. The Morgan fingerprint density at radius 3 is 2.50 bits per heavy atom. The van der Waals surface area contributed by atoms with Crippen LogP contribution in [0.5, 0.6) is 0 Å². The fraction of sp³-hybridized carbons (Fsp3) is 0.143. The number of rotatable bonds is 4. The number of benzene rings is 2. The van der Waals surface area contributed by atoms with Crippen LogP contribution in [0.15, 0.2) is 40.9 Å². The Balaban J connectivity index is 2.33. The van der Waals surface area contributed by atoms with Crippen molar-refractivity contribution in [3.8, 4) is 0 Å². The van der Waals surface area contributed by atoms with Gasteiger partial charge in [0.1, 0.15) is 5.82 Å². The maximum absolute atomic E-state index is 13.8. The molecule has 3 N–H and O–H groups in total. The minimum absolute atomic E-state index is 0.281. The summed E-state index contributed by atoms with van der Waals surface area (Å²) in [6, 6.07) is 9.56. The molecule has 0 saturated heterocycles. The van der Waals surface area contributed by atoms with Crippen molar-refractivity contribution in [2.24, 2.45) is 5.84 Å². The van der Waals surface area contributed by atoms with Gasteiger partial charge in [-0.2, -0.15) is 0 Å². The van der Waals surface area contributed by atoms with Crippen molar-refractivity contribution in [1.29, 1.82) is 0 Å². The molecule has 106 valence electrons. The third-order valence-corrected chi connectivity index (χ3v) is 4.16. The summed E-state index contributed by atoms with van der Waals surface area (Å²) in [7, 11) is 0. The second-order valence-corrected chi connectivity index (χ2v) is 6.05. The summed E-state index contributed by atoms with van der Waals surface area (Å²) in [5.74, 6) is 5.28. The Morgan fingerprint density at radius 1 is 1.15 bits per heavy atom. The minimum Gasteiger partial charge on any atom is -0.271 e. The van der Waals surface area contributed by atoms with Crippen molar-refractivity contribution in [3.63, 3.8) is 0 Å². The van der Waals surface area contributed by atoms with Crippen molar-refractivity contribution >= 4 is 39.1 Å². The number of hydrogen-bond donors (Lipinski definition) is 2. The van der Waals surface area contributed by atoms with Crippen molar-refractivity contribution < 1.29 is 4.39 Å². The second kappa shape index (κ2) is 6.87. The highest BCUT2D eigenvalue weighted by Crippen LogP contribution is 2.29. The summed E-state index contributed by atoms with van der Waals surface area (Å²) < 4.78 is 14.7. The summed E-state index contributed by atoms with van der Waals surface area (Å²) in [6.07, 6.45) is 0.363. The van der Waals surface area contributed by atoms with E-state index in [0.717, 1.165) is 10.0 Å². The van der Waals surface area contributed by atoms with Crippen molar-refractivity contribution in [1.82, 2.24) is 5.43 Å². The van der Waals surface area contributed by atoms with Crippen LogP contribution >= 0.6 is 39.1 Å². The minimum atomic E-state index is -0.312. The van der Waals surface area contributed by atoms with E-state index in [4.69, 9.17) is 29.0 Å². The molecule has 0 radical (unpaired) electrons. The van der Waals surface area contributed by atoms with Gasteiger partial charge in [-0.1, -0.05) is 39.1 Å². The van der Waals surface area contributed by atoms with Crippen LogP contribution in [0.3, 0.4) is 0 Å². The van der Waals surface area contributed by atoms with E-state index in [1.807, 2.05) is 6.07 Å². The highest BCUT2D eigenvalue weighted by molar-refractivity contribution is 9.10. The second-order valence-electron chi connectivity index (χ2n) is 4.32. The molecule has 2 aromatic carbocycles. The predicted molar refractivity (Wildman–Crippen MR) is 84.3 cm³/mol. The normalized spacial score (nSPS) is 12.4. The molecule has 0 aliphatic rings. The van der Waals surface area contributed by atoms with Gasteiger partial charge in [0.05, 0.1) is 6.04 Å². The van der Waals surface area contributed by atoms with Crippen LogP contribution in [0.1, 0.15) is 17.2 Å². The first-order valence-corrected chi connectivity index (χ1v) is 7.41. The van der Waals surface area contributed by atoms with Gasteiger partial charge < -0.3 is 0 Å². The van der Waals surface area contributed by atoms with Crippen LogP contribution in [0.25, 0.3) is 0 Å². The van der Waals surface area contributed by atoms with E-state index in [2.05, 4.69) is 21.4 Å². The fourth-order valence-corrected chi connectivity index (χ4v) is 2.86. The summed E-state index contributed by atoms with van der Waals surface area (Å²) in [5, 5.41) is 1.08.